The highest BCUT2D eigenvalue weighted by Gasteiger charge is 2.32. The number of nitrogens with one attached hydrogen (secondary N) is 2. The molecule has 2 N–H and O–H groups in total. The average Bonchev–Trinajstić information content (AvgIpc) is 3.17. The van der Waals surface area contributed by atoms with E-state index in [4.69, 9.17) is 4.74 Å². The molecule has 2 unspecified atom stereocenters. The van der Waals surface area contributed by atoms with Crippen molar-refractivity contribution in [2.75, 3.05) is 26.2 Å². The Hall–Kier alpha value is -1.66. The fraction of sp³-hybridized carbons (Fsp3) is 0.667. The number of rotatable bonds is 3. The van der Waals surface area contributed by atoms with Crippen LogP contribution in [0, 0.1) is 6.92 Å². The number of amides is 1. The van der Waals surface area contributed by atoms with Gasteiger partial charge in [-0.15, -0.1) is 0 Å². The summed E-state index contributed by atoms with van der Waals surface area (Å²) < 4.78 is 5.89. The Morgan fingerprint density at radius 2 is 2.25 bits per heavy atom. The van der Waals surface area contributed by atoms with E-state index in [1.54, 1.807) is 0 Å². The first-order valence-corrected chi connectivity index (χ1v) is 9.02. The first-order chi connectivity index (χ1) is 11.6. The van der Waals surface area contributed by atoms with Crippen LogP contribution in [0.2, 0.25) is 0 Å². The molecule has 1 aromatic heterocycles. The van der Waals surface area contributed by atoms with Crippen LogP contribution in [0.4, 0.5) is 0 Å². The number of hydrogen-bond acceptors (Lipinski definition) is 4. The van der Waals surface area contributed by atoms with Crippen LogP contribution in [0.3, 0.4) is 0 Å². The third kappa shape index (κ3) is 2.78. The van der Waals surface area contributed by atoms with Crippen LogP contribution in [0.5, 0.6) is 0 Å². The third-order valence-electron chi connectivity index (χ3n) is 5.62. The highest BCUT2D eigenvalue weighted by Crippen LogP contribution is 2.26. The number of aromatic nitrogens is 1. The molecule has 0 aromatic carbocycles. The van der Waals surface area contributed by atoms with Crippen molar-refractivity contribution in [1.29, 1.82) is 0 Å². The molecule has 2 saturated heterocycles. The third-order valence-corrected chi connectivity index (χ3v) is 5.62. The van der Waals surface area contributed by atoms with Crippen molar-refractivity contribution in [1.82, 2.24) is 15.2 Å². The highest BCUT2D eigenvalue weighted by molar-refractivity contribution is 6.04. The summed E-state index contributed by atoms with van der Waals surface area (Å²) in [5, 5.41) is 2.98. The summed E-state index contributed by atoms with van der Waals surface area (Å²) in [6.07, 6.45) is 4.81. The van der Waals surface area contributed by atoms with Gasteiger partial charge < -0.3 is 15.0 Å². The summed E-state index contributed by atoms with van der Waals surface area (Å²) in [7, 11) is 0. The predicted octanol–water partition coefficient (Wildman–Crippen LogP) is 1.44. The molecule has 0 bridgehead atoms. The summed E-state index contributed by atoms with van der Waals surface area (Å²) >= 11 is 0. The number of morpholine rings is 1. The summed E-state index contributed by atoms with van der Waals surface area (Å²) in [5.74, 6) is 0.0154. The normalized spacial score (nSPS) is 27.0. The van der Waals surface area contributed by atoms with Crippen molar-refractivity contribution in [3.05, 3.63) is 22.5 Å². The van der Waals surface area contributed by atoms with E-state index in [2.05, 4.69) is 15.2 Å². The van der Waals surface area contributed by atoms with Gasteiger partial charge in [-0.1, -0.05) is 0 Å². The number of aryl methyl sites for hydroxylation is 1. The minimum atomic E-state index is -0.137. The molecule has 3 aliphatic rings. The minimum Gasteiger partial charge on any atom is -0.373 e. The van der Waals surface area contributed by atoms with Gasteiger partial charge in [0.2, 0.25) is 0 Å². The lowest BCUT2D eigenvalue weighted by Gasteiger charge is -2.35. The van der Waals surface area contributed by atoms with E-state index in [1.807, 2.05) is 6.92 Å². The number of nitrogens with zero attached hydrogens (tertiary/aromatic N) is 1. The molecule has 130 valence electrons. The molecule has 1 amide bonds. The van der Waals surface area contributed by atoms with Gasteiger partial charge in [-0.3, -0.25) is 14.5 Å². The van der Waals surface area contributed by atoms with Crippen molar-refractivity contribution >= 4 is 11.7 Å². The molecule has 2 aliphatic heterocycles. The first-order valence-electron chi connectivity index (χ1n) is 9.02. The molecule has 6 heteroatoms. The maximum atomic E-state index is 12.5. The second kappa shape index (κ2) is 6.33. The number of Topliss-reactive ketones (excluding diaryl/α,β-unsaturated/α-hetero) is 1. The highest BCUT2D eigenvalue weighted by atomic mass is 16.5. The number of carbonyl (C=O) groups excluding carboxylic acids is 2. The van der Waals surface area contributed by atoms with Crippen LogP contribution in [0.25, 0.3) is 0 Å². The number of ether oxygens (including phenoxy) is 1. The Balaban J connectivity index is 1.39. The zero-order chi connectivity index (χ0) is 16.7. The van der Waals surface area contributed by atoms with Crippen LogP contribution in [0.1, 0.15) is 57.8 Å². The Labute approximate surface area is 141 Å². The average molecular weight is 331 g/mol. The van der Waals surface area contributed by atoms with Crippen LogP contribution in [-0.4, -0.2) is 60.0 Å². The Bertz CT molecular complexity index is 667. The summed E-state index contributed by atoms with van der Waals surface area (Å²) in [4.78, 5) is 30.3. The number of aromatic amines is 1. The lowest BCUT2D eigenvalue weighted by Crippen LogP contribution is -2.50. The van der Waals surface area contributed by atoms with Gasteiger partial charge in [-0.25, -0.2) is 0 Å². The molecule has 0 radical (unpaired) electrons. The van der Waals surface area contributed by atoms with Crippen LogP contribution < -0.4 is 5.32 Å². The predicted molar refractivity (Wildman–Crippen MR) is 89.5 cm³/mol. The van der Waals surface area contributed by atoms with E-state index < -0.39 is 0 Å². The summed E-state index contributed by atoms with van der Waals surface area (Å²) in [6, 6.07) is 0.570. The molecular formula is C18H25N3O3. The fourth-order valence-electron chi connectivity index (χ4n) is 4.31. The van der Waals surface area contributed by atoms with E-state index in [9.17, 15) is 9.59 Å². The van der Waals surface area contributed by atoms with Gasteiger partial charge in [0.05, 0.1) is 12.7 Å². The van der Waals surface area contributed by atoms with Crippen molar-refractivity contribution in [3.63, 3.8) is 0 Å². The Morgan fingerprint density at radius 1 is 1.38 bits per heavy atom. The number of H-pyrrole nitrogens is 1. The Kier molecular flexibility index (Phi) is 4.18. The monoisotopic (exact) mass is 331 g/mol. The van der Waals surface area contributed by atoms with Crippen LogP contribution in [0.15, 0.2) is 0 Å². The molecule has 0 spiro atoms. The quantitative estimate of drug-likeness (QED) is 0.879. The van der Waals surface area contributed by atoms with Gasteiger partial charge in [0.1, 0.15) is 5.69 Å². The maximum Gasteiger partial charge on any atom is 0.268 e. The van der Waals surface area contributed by atoms with E-state index in [1.165, 1.54) is 12.8 Å². The largest absolute Gasteiger partial charge is 0.373 e. The molecule has 2 atom stereocenters. The molecule has 0 saturated carbocycles. The molecule has 24 heavy (non-hydrogen) atoms. The SMILES string of the molecule is Cc1c(C(=O)NCC2CN3CCCC3CO2)[nH]c2c1C(=O)CCC2. The second-order valence-electron chi connectivity index (χ2n) is 7.21. The van der Waals surface area contributed by atoms with E-state index in [-0.39, 0.29) is 17.8 Å². The molecule has 1 aliphatic carbocycles. The van der Waals surface area contributed by atoms with Crippen molar-refractivity contribution < 1.29 is 14.3 Å². The molecule has 2 fully saturated rings. The number of carbonyl (C=O) groups is 2. The minimum absolute atomic E-state index is 0.0508. The van der Waals surface area contributed by atoms with E-state index in [0.717, 1.165) is 49.4 Å². The zero-order valence-electron chi connectivity index (χ0n) is 14.2. The van der Waals surface area contributed by atoms with Gasteiger partial charge in [-0.05, 0) is 44.7 Å². The number of ketones is 1. The first kappa shape index (κ1) is 15.8. The van der Waals surface area contributed by atoms with Crippen molar-refractivity contribution in [3.8, 4) is 0 Å². The smallest absolute Gasteiger partial charge is 0.268 e. The van der Waals surface area contributed by atoms with Crippen molar-refractivity contribution in [2.24, 2.45) is 0 Å². The van der Waals surface area contributed by atoms with E-state index in [0.29, 0.717) is 24.7 Å². The Morgan fingerprint density at radius 3 is 3.08 bits per heavy atom. The molecule has 6 nitrogen and oxygen atoms in total. The number of hydrogen-bond donors (Lipinski definition) is 2. The van der Waals surface area contributed by atoms with Crippen LogP contribution in [-0.2, 0) is 11.2 Å². The van der Waals surface area contributed by atoms with Crippen molar-refractivity contribution in [2.45, 2.75) is 51.2 Å². The van der Waals surface area contributed by atoms with Crippen LogP contribution >= 0.6 is 0 Å². The van der Waals surface area contributed by atoms with Gasteiger partial charge in [0.15, 0.2) is 5.78 Å². The second-order valence-corrected chi connectivity index (χ2v) is 7.21. The topological polar surface area (TPSA) is 74.4 Å². The lowest BCUT2D eigenvalue weighted by molar-refractivity contribution is -0.0462. The lowest BCUT2D eigenvalue weighted by atomic mass is 9.94. The summed E-state index contributed by atoms with van der Waals surface area (Å²) in [6.45, 7) is 5.18. The number of fused-ring (bicyclic) bond motifs is 2. The van der Waals surface area contributed by atoms with E-state index >= 15 is 0 Å². The summed E-state index contributed by atoms with van der Waals surface area (Å²) in [5.41, 5.74) is 2.98. The molecular weight excluding hydrogens is 306 g/mol. The standard InChI is InChI=1S/C18H25N3O3/c1-11-16-14(5-2-6-15(16)22)20-17(11)18(23)19-8-13-9-21-7-3-4-12(21)10-24-13/h12-13,20H,2-10H2,1H3,(H,19,23). The molecule has 1 aromatic rings. The maximum absolute atomic E-state index is 12.5. The molecule has 3 heterocycles. The van der Waals surface area contributed by atoms with Gasteiger partial charge in [0, 0.05) is 36.8 Å². The zero-order valence-corrected chi connectivity index (χ0v) is 14.2. The van der Waals surface area contributed by atoms with Gasteiger partial charge in [-0.2, -0.15) is 0 Å². The van der Waals surface area contributed by atoms with Gasteiger partial charge in [0.25, 0.3) is 5.91 Å². The molecule has 4 rings (SSSR count). The fourth-order valence-corrected chi connectivity index (χ4v) is 4.31. The van der Waals surface area contributed by atoms with Gasteiger partial charge >= 0.3 is 0 Å².